The van der Waals surface area contributed by atoms with E-state index in [1.165, 1.54) is 25.7 Å². The fourth-order valence-corrected chi connectivity index (χ4v) is 4.22. The van der Waals surface area contributed by atoms with Gasteiger partial charge >= 0.3 is 6.18 Å². The summed E-state index contributed by atoms with van der Waals surface area (Å²) in [6, 6.07) is 6.75. The summed E-state index contributed by atoms with van der Waals surface area (Å²) in [6.07, 6.45) is -3.93. The Kier molecular flexibility index (Phi) is 7.26. The number of halogens is 3. The summed E-state index contributed by atoms with van der Waals surface area (Å²) >= 11 is 1.01. The zero-order valence-corrected chi connectivity index (χ0v) is 19.7. The summed E-state index contributed by atoms with van der Waals surface area (Å²) in [4.78, 5) is 22.1. The van der Waals surface area contributed by atoms with Gasteiger partial charge in [0.1, 0.15) is 16.6 Å². The van der Waals surface area contributed by atoms with Crippen LogP contribution >= 0.6 is 11.3 Å². The average Bonchev–Trinajstić information content (AvgIpc) is 3.32. The molecular formula is C22H23F3N6O3S. The van der Waals surface area contributed by atoms with Crippen molar-refractivity contribution in [2.24, 2.45) is 0 Å². The lowest BCUT2D eigenvalue weighted by Crippen LogP contribution is -2.36. The van der Waals surface area contributed by atoms with Gasteiger partial charge in [-0.15, -0.1) is 11.3 Å². The number of thiazole rings is 1. The summed E-state index contributed by atoms with van der Waals surface area (Å²) in [6.45, 7) is 2.77. The number of nitrogens with zero attached hydrogens (tertiary/aromatic N) is 3. The van der Waals surface area contributed by atoms with E-state index in [4.69, 9.17) is 9.47 Å². The van der Waals surface area contributed by atoms with Gasteiger partial charge in [0.15, 0.2) is 5.69 Å². The molecule has 3 aromatic rings. The molecule has 1 aromatic carbocycles. The van der Waals surface area contributed by atoms with E-state index in [0.29, 0.717) is 24.7 Å². The molecule has 0 bridgehead atoms. The molecule has 3 heterocycles. The van der Waals surface area contributed by atoms with E-state index < -0.39 is 17.6 Å². The van der Waals surface area contributed by atoms with Gasteiger partial charge in [-0.3, -0.25) is 4.79 Å². The molecule has 35 heavy (non-hydrogen) atoms. The Hall–Kier alpha value is -3.58. The largest absolute Gasteiger partial charge is 0.494 e. The fraction of sp³-hybridized carbons (Fsp3) is 0.318. The van der Waals surface area contributed by atoms with Gasteiger partial charge in [0.25, 0.3) is 5.91 Å². The number of benzene rings is 1. The number of amides is 1. The lowest BCUT2D eigenvalue weighted by molar-refractivity contribution is -0.137. The van der Waals surface area contributed by atoms with Crippen molar-refractivity contribution >= 4 is 45.1 Å². The maximum atomic E-state index is 13.7. The van der Waals surface area contributed by atoms with Gasteiger partial charge in [0.2, 0.25) is 0 Å². The minimum Gasteiger partial charge on any atom is -0.494 e. The molecule has 4 rings (SSSR count). The molecule has 9 nitrogen and oxygen atoms in total. The maximum absolute atomic E-state index is 13.7. The van der Waals surface area contributed by atoms with Crippen LogP contribution < -0.4 is 25.6 Å². The van der Waals surface area contributed by atoms with Crippen LogP contribution in [0.5, 0.6) is 5.75 Å². The van der Waals surface area contributed by atoms with Crippen molar-refractivity contribution in [1.29, 1.82) is 0 Å². The number of aromatic nitrogens is 2. The van der Waals surface area contributed by atoms with Crippen molar-refractivity contribution in [3.8, 4) is 5.75 Å². The van der Waals surface area contributed by atoms with E-state index in [1.54, 1.807) is 6.07 Å². The third-order valence-corrected chi connectivity index (χ3v) is 6.03. The van der Waals surface area contributed by atoms with Crippen molar-refractivity contribution in [3.05, 3.63) is 47.2 Å². The number of nitrogens with one attached hydrogen (secondary N) is 3. The maximum Gasteiger partial charge on any atom is 0.419 e. The Bertz CT molecular complexity index is 1200. The summed E-state index contributed by atoms with van der Waals surface area (Å²) in [5.41, 5.74) is 1.61. The third-order valence-electron chi connectivity index (χ3n) is 5.29. The van der Waals surface area contributed by atoms with Crippen LogP contribution in [0.1, 0.15) is 16.1 Å². The highest BCUT2D eigenvalue weighted by atomic mass is 32.1. The second-order valence-corrected chi connectivity index (χ2v) is 8.31. The minimum atomic E-state index is -4.66. The molecule has 13 heteroatoms. The number of anilines is 5. The number of alkyl halides is 3. The molecule has 1 aliphatic heterocycles. The van der Waals surface area contributed by atoms with Crippen molar-refractivity contribution < 1.29 is 27.4 Å². The van der Waals surface area contributed by atoms with E-state index in [9.17, 15) is 18.0 Å². The second kappa shape index (κ2) is 10.4. The zero-order chi connectivity index (χ0) is 25.0. The number of rotatable bonds is 7. The number of methoxy groups -OCH3 is 1. The first-order valence-corrected chi connectivity index (χ1v) is 11.5. The van der Waals surface area contributed by atoms with Gasteiger partial charge in [-0.2, -0.15) is 13.2 Å². The lowest BCUT2D eigenvalue weighted by atomic mass is 10.2. The van der Waals surface area contributed by atoms with E-state index in [1.807, 2.05) is 12.1 Å². The standard InChI is InChI=1S/C22H23F3N6O3S/c1-26-20(32)19-21(35-12-28-19)30-16-10-18(27-11-14(16)22(23,24)25)29-15-4-3-13(9-17(15)33-2)31-5-7-34-8-6-31/h3-4,9-12H,5-8H2,1-2H3,(H,26,32)(H2,27,29,30). The number of ether oxygens (including phenoxy) is 2. The number of morpholine rings is 1. The van der Waals surface area contributed by atoms with E-state index in [0.717, 1.165) is 36.3 Å². The number of carbonyl (C=O) groups is 1. The molecule has 0 spiro atoms. The number of pyridine rings is 1. The van der Waals surface area contributed by atoms with Gasteiger partial charge in [0, 0.05) is 44.2 Å². The molecule has 1 saturated heterocycles. The van der Waals surface area contributed by atoms with Crippen LogP contribution in [0.4, 0.5) is 41.1 Å². The molecular weight excluding hydrogens is 485 g/mol. The number of carbonyl (C=O) groups excluding carboxylic acids is 1. The first-order chi connectivity index (χ1) is 16.8. The molecule has 0 unspecified atom stereocenters. The first-order valence-electron chi connectivity index (χ1n) is 10.6. The normalized spacial score (nSPS) is 13.9. The molecule has 186 valence electrons. The molecule has 0 atom stereocenters. The Morgan fingerprint density at radius 1 is 1.14 bits per heavy atom. The summed E-state index contributed by atoms with van der Waals surface area (Å²) in [7, 11) is 2.93. The zero-order valence-electron chi connectivity index (χ0n) is 18.9. The van der Waals surface area contributed by atoms with Crippen molar-refractivity contribution in [1.82, 2.24) is 15.3 Å². The third kappa shape index (κ3) is 5.57. The Labute approximate surface area is 203 Å². The molecule has 2 aromatic heterocycles. The van der Waals surface area contributed by atoms with Crippen LogP contribution in [0.25, 0.3) is 0 Å². The second-order valence-electron chi connectivity index (χ2n) is 7.46. The smallest absolute Gasteiger partial charge is 0.419 e. The van der Waals surface area contributed by atoms with Crippen LogP contribution in [0.3, 0.4) is 0 Å². The Balaban J connectivity index is 1.63. The Morgan fingerprint density at radius 3 is 2.60 bits per heavy atom. The van der Waals surface area contributed by atoms with Gasteiger partial charge in [-0.1, -0.05) is 0 Å². The topological polar surface area (TPSA) is 101 Å². The summed E-state index contributed by atoms with van der Waals surface area (Å²) in [5, 5.41) is 8.32. The lowest BCUT2D eigenvalue weighted by Gasteiger charge is -2.29. The molecule has 3 N–H and O–H groups in total. The highest BCUT2D eigenvalue weighted by Crippen LogP contribution is 2.39. The molecule has 1 fully saturated rings. The monoisotopic (exact) mass is 508 g/mol. The van der Waals surface area contributed by atoms with Crippen LogP contribution in [0, 0.1) is 0 Å². The minimum absolute atomic E-state index is 0.00248. The van der Waals surface area contributed by atoms with Gasteiger partial charge in [-0.25, -0.2) is 9.97 Å². The quantitative estimate of drug-likeness (QED) is 0.436. The van der Waals surface area contributed by atoms with Crippen LogP contribution in [0.15, 0.2) is 36.0 Å². The van der Waals surface area contributed by atoms with E-state index in [2.05, 4.69) is 30.8 Å². The van der Waals surface area contributed by atoms with Crippen LogP contribution in [0.2, 0.25) is 0 Å². The fourth-order valence-electron chi connectivity index (χ4n) is 3.53. The molecule has 1 aliphatic rings. The Morgan fingerprint density at radius 2 is 1.91 bits per heavy atom. The van der Waals surface area contributed by atoms with Crippen molar-refractivity contribution in [2.75, 3.05) is 56.0 Å². The number of hydrogen-bond donors (Lipinski definition) is 3. The highest BCUT2D eigenvalue weighted by molar-refractivity contribution is 7.14. The average molecular weight is 509 g/mol. The molecule has 0 aliphatic carbocycles. The number of hydrogen-bond acceptors (Lipinski definition) is 9. The van der Waals surface area contributed by atoms with Crippen LogP contribution in [-0.2, 0) is 10.9 Å². The molecule has 0 radical (unpaired) electrons. The summed E-state index contributed by atoms with van der Waals surface area (Å²) in [5.74, 6) is 0.151. The van der Waals surface area contributed by atoms with Gasteiger partial charge in [0.05, 0.1) is 42.8 Å². The van der Waals surface area contributed by atoms with Crippen molar-refractivity contribution in [3.63, 3.8) is 0 Å². The van der Waals surface area contributed by atoms with E-state index in [-0.39, 0.29) is 22.2 Å². The van der Waals surface area contributed by atoms with Gasteiger partial charge in [-0.05, 0) is 12.1 Å². The molecule has 1 amide bonds. The van der Waals surface area contributed by atoms with Gasteiger partial charge < -0.3 is 30.3 Å². The summed E-state index contributed by atoms with van der Waals surface area (Å²) < 4.78 is 51.9. The predicted octanol–water partition coefficient (Wildman–Crippen LogP) is 4.25. The highest BCUT2D eigenvalue weighted by Gasteiger charge is 2.35. The van der Waals surface area contributed by atoms with E-state index >= 15 is 0 Å². The van der Waals surface area contributed by atoms with Crippen molar-refractivity contribution in [2.45, 2.75) is 6.18 Å². The predicted molar refractivity (Wildman–Crippen MR) is 127 cm³/mol. The van der Waals surface area contributed by atoms with Crippen LogP contribution in [-0.4, -0.2) is 56.3 Å². The molecule has 0 saturated carbocycles. The SMILES string of the molecule is CNC(=O)c1ncsc1Nc1cc(Nc2ccc(N3CCOCC3)cc2OC)ncc1C(F)(F)F. The first kappa shape index (κ1) is 24.5.